The normalized spacial score (nSPS) is 17.8. The lowest BCUT2D eigenvalue weighted by Gasteiger charge is -2.21. The molecule has 19 heavy (non-hydrogen) atoms. The topological polar surface area (TPSA) is 69.9 Å². The van der Waals surface area contributed by atoms with Gasteiger partial charge in [0.25, 0.3) is 0 Å². The van der Waals surface area contributed by atoms with Gasteiger partial charge in [0.15, 0.2) is 0 Å². The van der Waals surface area contributed by atoms with Crippen LogP contribution in [0.1, 0.15) is 10.4 Å². The molecule has 6 nitrogen and oxygen atoms in total. The average Bonchev–Trinajstić information content (AvgIpc) is 2.86. The largest absolute Gasteiger partial charge is 0.456 e. The quantitative estimate of drug-likeness (QED) is 0.785. The van der Waals surface area contributed by atoms with E-state index in [2.05, 4.69) is 15.5 Å². The number of carbonyl (C=O) groups excluding carboxylic acids is 1. The van der Waals surface area contributed by atoms with Gasteiger partial charge in [0, 0.05) is 5.75 Å². The van der Waals surface area contributed by atoms with Crippen molar-refractivity contribution in [2.45, 2.75) is 17.8 Å². The Labute approximate surface area is 118 Å². The summed E-state index contributed by atoms with van der Waals surface area (Å²) >= 11 is 7.42. The molecule has 0 amide bonds. The molecule has 0 aliphatic carbocycles. The Bertz CT molecular complexity index is 618. The molecule has 1 aromatic heterocycles. The number of rotatable bonds is 2. The zero-order chi connectivity index (χ0) is 13.2. The lowest BCUT2D eigenvalue weighted by molar-refractivity contribution is 0.0294. The molecule has 0 bridgehead atoms. The van der Waals surface area contributed by atoms with Crippen molar-refractivity contribution in [2.75, 3.05) is 5.75 Å². The van der Waals surface area contributed by atoms with Crippen LogP contribution in [0.25, 0.3) is 0 Å². The van der Waals surface area contributed by atoms with Gasteiger partial charge < -0.3 is 4.74 Å². The maximum atomic E-state index is 12.0. The minimum absolute atomic E-state index is 0.259. The summed E-state index contributed by atoms with van der Waals surface area (Å²) in [5, 5.41) is 12.4. The number of aromatic nitrogens is 4. The molecule has 1 aromatic carbocycles. The molecule has 3 rings (SSSR count). The number of hydrogen-bond acceptors (Lipinski definition) is 6. The third-order valence-corrected chi connectivity index (χ3v) is 4.06. The Kier molecular flexibility index (Phi) is 3.39. The van der Waals surface area contributed by atoms with E-state index >= 15 is 0 Å². The molecule has 0 N–H and O–H groups in total. The van der Waals surface area contributed by atoms with E-state index in [1.165, 1.54) is 11.8 Å². The summed E-state index contributed by atoms with van der Waals surface area (Å²) in [6, 6.07) is 6.82. The van der Waals surface area contributed by atoms with Crippen molar-refractivity contribution < 1.29 is 9.53 Å². The van der Waals surface area contributed by atoms with Gasteiger partial charge in [-0.25, -0.2) is 9.48 Å². The van der Waals surface area contributed by atoms with Gasteiger partial charge in [-0.3, -0.25) is 0 Å². The molecule has 1 atom stereocenters. The van der Waals surface area contributed by atoms with Crippen molar-refractivity contribution in [2.24, 2.45) is 0 Å². The summed E-state index contributed by atoms with van der Waals surface area (Å²) in [4.78, 5) is 12.0. The highest BCUT2D eigenvalue weighted by Crippen LogP contribution is 2.24. The second-order valence-electron chi connectivity index (χ2n) is 3.96. The van der Waals surface area contributed by atoms with Gasteiger partial charge in [-0.1, -0.05) is 35.5 Å². The molecular weight excluding hydrogens is 288 g/mol. The molecule has 0 saturated heterocycles. The number of ether oxygens (including phenoxy) is 1. The second kappa shape index (κ2) is 5.18. The maximum absolute atomic E-state index is 12.0. The van der Waals surface area contributed by atoms with Gasteiger partial charge in [-0.05, 0) is 22.6 Å². The van der Waals surface area contributed by atoms with Crippen molar-refractivity contribution in [1.82, 2.24) is 20.2 Å². The van der Waals surface area contributed by atoms with Gasteiger partial charge in [-0.15, -0.1) is 5.10 Å². The molecule has 0 radical (unpaired) electrons. The van der Waals surface area contributed by atoms with E-state index in [1.54, 1.807) is 28.9 Å². The van der Waals surface area contributed by atoms with Crippen molar-refractivity contribution >= 4 is 29.3 Å². The summed E-state index contributed by atoms with van der Waals surface area (Å²) in [5.41, 5.74) is 0.372. The molecule has 0 saturated carbocycles. The minimum atomic E-state index is -0.423. The number of halogens is 1. The maximum Gasteiger partial charge on any atom is 0.340 e. The van der Waals surface area contributed by atoms with E-state index < -0.39 is 5.97 Å². The van der Waals surface area contributed by atoms with E-state index in [4.69, 9.17) is 16.3 Å². The summed E-state index contributed by atoms with van der Waals surface area (Å²) < 4.78 is 7.05. The van der Waals surface area contributed by atoms with Crippen molar-refractivity contribution in [3.8, 4) is 0 Å². The molecular formula is C11H9ClN4O2S. The number of esters is 1. The van der Waals surface area contributed by atoms with E-state index in [-0.39, 0.29) is 6.10 Å². The van der Waals surface area contributed by atoms with E-state index in [9.17, 15) is 4.79 Å². The van der Waals surface area contributed by atoms with E-state index in [1.807, 2.05) is 0 Å². The molecule has 98 valence electrons. The predicted molar refractivity (Wildman–Crippen MR) is 69.2 cm³/mol. The summed E-state index contributed by atoms with van der Waals surface area (Å²) in [5.74, 6) is 0.212. The van der Waals surface area contributed by atoms with E-state index in [0.717, 1.165) is 5.16 Å². The molecule has 0 spiro atoms. The zero-order valence-electron chi connectivity index (χ0n) is 9.69. The number of nitrogens with zero attached hydrogens (tertiary/aromatic N) is 4. The fourth-order valence-electron chi connectivity index (χ4n) is 1.74. The highest BCUT2D eigenvalue weighted by molar-refractivity contribution is 7.99. The van der Waals surface area contributed by atoms with Gasteiger partial charge in [0.2, 0.25) is 5.16 Å². The standard InChI is InChI=1S/C11H9ClN4O2S/c12-9-4-2-1-3-8(9)10(17)18-7-5-16-11(19-6-7)13-14-15-16/h1-4,7H,5-6H2/t7-/m1/s1. The summed E-state index contributed by atoms with van der Waals surface area (Å²) in [6.45, 7) is 0.464. The number of fused-ring (bicyclic) bond motifs is 1. The first kappa shape index (κ1) is 12.4. The third kappa shape index (κ3) is 2.57. The SMILES string of the molecule is O=C(O[C@H]1CSc2nnnn2C1)c1ccccc1Cl. The first-order valence-corrected chi connectivity index (χ1v) is 6.95. The van der Waals surface area contributed by atoms with Crippen LogP contribution in [-0.4, -0.2) is 38.0 Å². The van der Waals surface area contributed by atoms with Crippen LogP contribution in [0.4, 0.5) is 0 Å². The molecule has 1 aliphatic rings. The van der Waals surface area contributed by atoms with Gasteiger partial charge in [0.1, 0.15) is 6.10 Å². The van der Waals surface area contributed by atoms with Gasteiger partial charge >= 0.3 is 5.97 Å². The van der Waals surface area contributed by atoms with Crippen LogP contribution in [0.2, 0.25) is 5.02 Å². The molecule has 2 aromatic rings. The smallest absolute Gasteiger partial charge is 0.340 e. The Morgan fingerprint density at radius 3 is 3.16 bits per heavy atom. The van der Waals surface area contributed by atoms with Crippen LogP contribution in [0.3, 0.4) is 0 Å². The molecule has 2 heterocycles. The number of thioether (sulfide) groups is 1. The number of benzene rings is 1. The summed E-state index contributed by atoms with van der Waals surface area (Å²) in [6.07, 6.45) is -0.259. The Morgan fingerprint density at radius 2 is 2.32 bits per heavy atom. The van der Waals surface area contributed by atoms with Crippen LogP contribution in [0.5, 0.6) is 0 Å². The number of hydrogen-bond donors (Lipinski definition) is 0. The Morgan fingerprint density at radius 1 is 1.47 bits per heavy atom. The highest BCUT2D eigenvalue weighted by Gasteiger charge is 2.25. The van der Waals surface area contributed by atoms with E-state index in [0.29, 0.717) is 22.9 Å². The van der Waals surface area contributed by atoms with Crippen molar-refractivity contribution in [1.29, 1.82) is 0 Å². The van der Waals surface area contributed by atoms with Crippen LogP contribution in [0.15, 0.2) is 29.4 Å². The summed E-state index contributed by atoms with van der Waals surface area (Å²) in [7, 11) is 0. The van der Waals surface area contributed by atoms with Crippen LogP contribution >= 0.6 is 23.4 Å². The van der Waals surface area contributed by atoms with Crippen molar-refractivity contribution in [3.05, 3.63) is 34.9 Å². The lowest BCUT2D eigenvalue weighted by Crippen LogP contribution is -2.30. The number of carbonyl (C=O) groups is 1. The Balaban J connectivity index is 1.70. The first-order chi connectivity index (χ1) is 9.24. The molecule has 1 aliphatic heterocycles. The molecule has 0 fully saturated rings. The van der Waals surface area contributed by atoms with Gasteiger partial charge in [0.05, 0.1) is 17.1 Å². The second-order valence-corrected chi connectivity index (χ2v) is 5.36. The Hall–Kier alpha value is -1.60. The molecule has 0 unspecified atom stereocenters. The van der Waals surface area contributed by atoms with Crippen LogP contribution < -0.4 is 0 Å². The van der Waals surface area contributed by atoms with Gasteiger partial charge in [-0.2, -0.15) is 0 Å². The third-order valence-electron chi connectivity index (χ3n) is 2.64. The first-order valence-electron chi connectivity index (χ1n) is 5.58. The minimum Gasteiger partial charge on any atom is -0.456 e. The van der Waals surface area contributed by atoms with Crippen LogP contribution in [0, 0.1) is 0 Å². The fourth-order valence-corrected chi connectivity index (χ4v) is 2.82. The fraction of sp³-hybridized carbons (Fsp3) is 0.273. The number of tetrazole rings is 1. The monoisotopic (exact) mass is 296 g/mol. The highest BCUT2D eigenvalue weighted by atomic mass is 35.5. The average molecular weight is 297 g/mol. The zero-order valence-corrected chi connectivity index (χ0v) is 11.3. The van der Waals surface area contributed by atoms with Crippen LogP contribution in [-0.2, 0) is 11.3 Å². The van der Waals surface area contributed by atoms with Crippen molar-refractivity contribution in [3.63, 3.8) is 0 Å². The molecule has 8 heteroatoms. The lowest BCUT2D eigenvalue weighted by atomic mass is 10.2. The predicted octanol–water partition coefficient (Wildman–Crippen LogP) is 1.66.